The fraction of sp³-hybridized carbons (Fsp3) is 0.767. The van der Waals surface area contributed by atoms with E-state index >= 15 is 0 Å². The van der Waals surface area contributed by atoms with Gasteiger partial charge in [0, 0.05) is 12.0 Å². The summed E-state index contributed by atoms with van der Waals surface area (Å²) in [5, 5.41) is 31.9. The van der Waals surface area contributed by atoms with E-state index in [2.05, 4.69) is 39.8 Å². The summed E-state index contributed by atoms with van der Waals surface area (Å²) < 4.78 is 6.05. The Morgan fingerprint density at radius 3 is 2.43 bits per heavy atom. The van der Waals surface area contributed by atoms with Crippen molar-refractivity contribution in [3.05, 3.63) is 34.4 Å². The molecule has 0 bridgehead atoms. The second kappa shape index (κ2) is 12.3. The molecule has 0 aromatic carbocycles. The van der Waals surface area contributed by atoms with Crippen LogP contribution in [0.1, 0.15) is 106 Å². The summed E-state index contributed by atoms with van der Waals surface area (Å²) in [6, 6.07) is 0. The number of ether oxygens (including phenoxy) is 1. The molecule has 200 valence electrons. The van der Waals surface area contributed by atoms with E-state index < -0.39 is 22.7 Å². The predicted molar refractivity (Wildman–Crippen MR) is 142 cm³/mol. The van der Waals surface area contributed by atoms with Crippen LogP contribution in [0.2, 0.25) is 0 Å². The third-order valence-corrected chi connectivity index (χ3v) is 8.98. The fourth-order valence-corrected chi connectivity index (χ4v) is 5.96. The van der Waals surface area contributed by atoms with Crippen molar-refractivity contribution in [2.75, 3.05) is 6.61 Å². The van der Waals surface area contributed by atoms with Crippen LogP contribution in [0.15, 0.2) is 34.4 Å². The lowest BCUT2D eigenvalue weighted by Crippen LogP contribution is -2.53. The zero-order valence-electron chi connectivity index (χ0n) is 23.2. The van der Waals surface area contributed by atoms with Gasteiger partial charge in [-0.1, -0.05) is 35.8 Å². The minimum absolute atomic E-state index is 0.0323. The van der Waals surface area contributed by atoms with Crippen LogP contribution in [0.5, 0.6) is 0 Å². The van der Waals surface area contributed by atoms with Gasteiger partial charge in [-0.15, -0.1) is 0 Å². The molecule has 6 atom stereocenters. The molecule has 0 aromatic rings. The minimum Gasteiger partial charge on any atom is -0.396 e. The average Bonchev–Trinajstić information content (AvgIpc) is 3.47. The Kier molecular flexibility index (Phi) is 10.5. The standard InChI is InChI=1S/C30H50O5/c1-21(2)10-8-11-22(3)13-14-26(33)30(7)27(35-30)16-17-28(5)25(12-9-19-31)24(23(4)20-32)15-18-29(28,6)34/h10,13,20,25-27,31,33-34H,8-9,11-12,14-19H2,1-7H3/b22-13+,24-23-/t25-,26-,27-,28+,29+,30-/m1/s1. The highest BCUT2D eigenvalue weighted by Crippen LogP contribution is 2.56. The fourth-order valence-electron chi connectivity index (χ4n) is 5.96. The first-order chi connectivity index (χ1) is 16.3. The highest BCUT2D eigenvalue weighted by Gasteiger charge is 2.59. The van der Waals surface area contributed by atoms with Gasteiger partial charge in [0.15, 0.2) is 0 Å². The van der Waals surface area contributed by atoms with Crippen LogP contribution in [0.4, 0.5) is 0 Å². The number of hydrogen-bond donors (Lipinski definition) is 3. The number of carbonyl (C=O) groups is 1. The topological polar surface area (TPSA) is 90.3 Å². The quantitative estimate of drug-likeness (QED) is 0.131. The minimum atomic E-state index is -0.880. The first kappa shape index (κ1) is 30.0. The summed E-state index contributed by atoms with van der Waals surface area (Å²) in [6.07, 6.45) is 11.4. The molecule has 1 saturated heterocycles. The van der Waals surface area contributed by atoms with Crippen LogP contribution in [0.3, 0.4) is 0 Å². The lowest BCUT2D eigenvalue weighted by atomic mass is 9.54. The molecule has 2 aliphatic rings. The molecule has 5 nitrogen and oxygen atoms in total. The molecule has 1 heterocycles. The van der Waals surface area contributed by atoms with Gasteiger partial charge >= 0.3 is 0 Å². The normalized spacial score (nSPS) is 35.4. The molecule has 0 radical (unpaired) electrons. The summed E-state index contributed by atoms with van der Waals surface area (Å²) in [7, 11) is 0. The maximum atomic E-state index is 11.6. The monoisotopic (exact) mass is 490 g/mol. The maximum Gasteiger partial charge on any atom is 0.145 e. The molecule has 1 aliphatic heterocycles. The van der Waals surface area contributed by atoms with E-state index in [4.69, 9.17) is 4.74 Å². The number of aliphatic hydroxyl groups is 3. The van der Waals surface area contributed by atoms with Crippen molar-refractivity contribution in [2.24, 2.45) is 11.3 Å². The van der Waals surface area contributed by atoms with Gasteiger partial charge in [0.05, 0.1) is 17.8 Å². The van der Waals surface area contributed by atoms with E-state index in [0.717, 1.165) is 49.5 Å². The molecule has 1 aliphatic carbocycles. The van der Waals surface area contributed by atoms with Gasteiger partial charge in [0.25, 0.3) is 0 Å². The van der Waals surface area contributed by atoms with Crippen LogP contribution in [-0.4, -0.2) is 51.6 Å². The largest absolute Gasteiger partial charge is 0.396 e. The number of aldehydes is 1. The van der Waals surface area contributed by atoms with E-state index in [0.29, 0.717) is 25.7 Å². The SMILES string of the molecule is CC(C)=CCC/C(C)=C/C[C@@H](O)[C@@]1(C)O[C@@H]1CC[C@@]1(C)[C@H](CCCO)/C(=C(/C)C=O)CC[C@]1(C)O. The number of carbonyl (C=O) groups excluding carboxylic acids is 1. The van der Waals surface area contributed by atoms with Crippen molar-refractivity contribution in [2.45, 2.75) is 130 Å². The Morgan fingerprint density at radius 1 is 1.14 bits per heavy atom. The summed E-state index contributed by atoms with van der Waals surface area (Å²) in [6.45, 7) is 14.3. The number of aliphatic hydroxyl groups excluding tert-OH is 2. The molecule has 2 fully saturated rings. The van der Waals surface area contributed by atoms with Gasteiger partial charge in [-0.25, -0.2) is 0 Å². The van der Waals surface area contributed by atoms with Crippen molar-refractivity contribution >= 4 is 6.29 Å². The zero-order valence-corrected chi connectivity index (χ0v) is 23.2. The highest BCUT2D eigenvalue weighted by atomic mass is 16.6. The molecule has 35 heavy (non-hydrogen) atoms. The molecular formula is C30H50O5. The summed E-state index contributed by atoms with van der Waals surface area (Å²) in [5.41, 5.74) is 2.59. The van der Waals surface area contributed by atoms with Crippen molar-refractivity contribution in [1.82, 2.24) is 0 Å². The molecule has 0 spiro atoms. The summed E-state index contributed by atoms with van der Waals surface area (Å²) >= 11 is 0. The van der Waals surface area contributed by atoms with Gasteiger partial charge in [-0.3, -0.25) is 4.79 Å². The predicted octanol–water partition coefficient (Wildman–Crippen LogP) is 5.82. The zero-order chi connectivity index (χ0) is 26.4. The molecule has 2 rings (SSSR count). The molecule has 1 saturated carbocycles. The van der Waals surface area contributed by atoms with E-state index in [1.807, 2.05) is 20.8 Å². The number of rotatable bonds is 13. The lowest BCUT2D eigenvalue weighted by molar-refractivity contribution is -0.116. The third kappa shape index (κ3) is 7.15. The molecule has 3 N–H and O–H groups in total. The van der Waals surface area contributed by atoms with E-state index in [1.165, 1.54) is 11.1 Å². The number of epoxide rings is 1. The van der Waals surface area contributed by atoms with Gasteiger partial charge in [0.1, 0.15) is 11.9 Å². The maximum absolute atomic E-state index is 11.6. The van der Waals surface area contributed by atoms with Gasteiger partial charge in [-0.05, 0) is 111 Å². The summed E-state index contributed by atoms with van der Waals surface area (Å²) in [5.74, 6) is 0.0323. The third-order valence-electron chi connectivity index (χ3n) is 8.98. The van der Waals surface area contributed by atoms with Crippen LogP contribution < -0.4 is 0 Å². The Bertz CT molecular complexity index is 819. The first-order valence-corrected chi connectivity index (χ1v) is 13.4. The number of allylic oxidation sites excluding steroid dienone is 5. The van der Waals surface area contributed by atoms with Crippen LogP contribution in [-0.2, 0) is 9.53 Å². The molecular weight excluding hydrogens is 440 g/mol. The van der Waals surface area contributed by atoms with Crippen molar-refractivity contribution in [3.63, 3.8) is 0 Å². The molecule has 0 amide bonds. The average molecular weight is 491 g/mol. The highest BCUT2D eigenvalue weighted by molar-refractivity contribution is 5.74. The van der Waals surface area contributed by atoms with Crippen molar-refractivity contribution in [3.8, 4) is 0 Å². The lowest BCUT2D eigenvalue weighted by Gasteiger charge is -2.53. The Morgan fingerprint density at radius 2 is 1.83 bits per heavy atom. The summed E-state index contributed by atoms with van der Waals surface area (Å²) in [4.78, 5) is 11.6. The van der Waals surface area contributed by atoms with Gasteiger partial charge in [0.2, 0.25) is 0 Å². The molecule has 0 unspecified atom stereocenters. The van der Waals surface area contributed by atoms with E-state index in [1.54, 1.807) is 0 Å². The van der Waals surface area contributed by atoms with Gasteiger partial charge in [-0.2, -0.15) is 0 Å². The van der Waals surface area contributed by atoms with Crippen LogP contribution in [0, 0.1) is 11.3 Å². The smallest absolute Gasteiger partial charge is 0.145 e. The van der Waals surface area contributed by atoms with Crippen LogP contribution in [0.25, 0.3) is 0 Å². The van der Waals surface area contributed by atoms with Crippen LogP contribution >= 0.6 is 0 Å². The van der Waals surface area contributed by atoms with Crippen molar-refractivity contribution < 1.29 is 24.9 Å². The number of hydrogen-bond acceptors (Lipinski definition) is 5. The first-order valence-electron chi connectivity index (χ1n) is 13.4. The van der Waals surface area contributed by atoms with Crippen molar-refractivity contribution in [1.29, 1.82) is 0 Å². The van der Waals surface area contributed by atoms with Gasteiger partial charge < -0.3 is 20.1 Å². The van der Waals surface area contributed by atoms with E-state index in [9.17, 15) is 20.1 Å². The second-order valence-electron chi connectivity index (χ2n) is 11.9. The Balaban J connectivity index is 2.07. The second-order valence-corrected chi connectivity index (χ2v) is 11.9. The Hall–Kier alpha value is -1.27. The van der Waals surface area contributed by atoms with E-state index in [-0.39, 0.29) is 18.6 Å². The Labute approximate surface area is 213 Å². The molecule has 5 heteroatoms. The molecule has 0 aromatic heterocycles.